The van der Waals surface area contributed by atoms with Gasteiger partial charge in [-0.25, -0.2) is 13.2 Å². The van der Waals surface area contributed by atoms with Crippen LogP contribution in [0.4, 0.5) is 5.69 Å². The van der Waals surface area contributed by atoms with E-state index >= 15 is 0 Å². The zero-order valence-electron chi connectivity index (χ0n) is 17.3. The Balaban J connectivity index is 1.66. The van der Waals surface area contributed by atoms with E-state index in [2.05, 4.69) is 5.32 Å². The van der Waals surface area contributed by atoms with Crippen LogP contribution in [0.1, 0.15) is 15.9 Å². The first-order valence-corrected chi connectivity index (χ1v) is 12.3. The third kappa shape index (κ3) is 5.85. The van der Waals surface area contributed by atoms with Crippen molar-refractivity contribution >= 4 is 39.3 Å². The Morgan fingerprint density at radius 1 is 1.16 bits per heavy atom. The summed E-state index contributed by atoms with van der Waals surface area (Å²) in [7, 11) is -3.76. The predicted molar refractivity (Wildman–Crippen MR) is 118 cm³/mol. The van der Waals surface area contributed by atoms with Crippen molar-refractivity contribution in [2.24, 2.45) is 0 Å². The fraction of sp³-hybridized carbons (Fsp3) is 0.333. The molecule has 0 aliphatic carbocycles. The van der Waals surface area contributed by atoms with E-state index in [4.69, 9.17) is 9.47 Å². The maximum absolute atomic E-state index is 13.0. The number of esters is 1. The lowest BCUT2D eigenvalue weighted by Crippen LogP contribution is -2.40. The third-order valence-electron chi connectivity index (χ3n) is 4.70. The van der Waals surface area contributed by atoms with Crippen molar-refractivity contribution < 1.29 is 27.5 Å². The molecule has 8 nitrogen and oxygen atoms in total. The molecule has 0 spiro atoms. The van der Waals surface area contributed by atoms with Gasteiger partial charge in [-0.1, -0.05) is 12.1 Å². The predicted octanol–water partition coefficient (Wildman–Crippen LogP) is 2.53. The van der Waals surface area contributed by atoms with Crippen molar-refractivity contribution in [1.82, 2.24) is 4.31 Å². The lowest BCUT2D eigenvalue weighted by atomic mass is 10.1. The van der Waals surface area contributed by atoms with Gasteiger partial charge in [0.2, 0.25) is 10.0 Å². The Labute approximate surface area is 186 Å². The Hall–Kier alpha value is -2.40. The van der Waals surface area contributed by atoms with Crippen LogP contribution in [-0.4, -0.2) is 63.8 Å². The highest BCUT2D eigenvalue weighted by Crippen LogP contribution is 2.23. The molecule has 0 aromatic heterocycles. The molecule has 1 fully saturated rings. The number of carbonyl (C=O) groups is 2. The number of morpholine rings is 1. The van der Waals surface area contributed by atoms with Crippen LogP contribution in [0.5, 0.6) is 0 Å². The second-order valence-electron chi connectivity index (χ2n) is 6.85. The summed E-state index contributed by atoms with van der Waals surface area (Å²) in [5.74, 6) is -1.26. The van der Waals surface area contributed by atoms with E-state index in [1.165, 1.54) is 16.4 Å². The maximum atomic E-state index is 13.0. The van der Waals surface area contributed by atoms with Gasteiger partial charge in [0.05, 0.1) is 23.7 Å². The molecule has 2 aromatic carbocycles. The molecule has 1 aliphatic heterocycles. The standard InChI is InChI=1S/C21H24N2O6S2/c1-15-6-7-16(12-19(15)31(26,27)23-8-10-28-11-9-23)21(25)29-14-20(24)22-17-4-3-5-18(13-17)30-2/h3-7,12-13H,8-11,14H2,1-2H3,(H,22,24). The van der Waals surface area contributed by atoms with E-state index in [9.17, 15) is 18.0 Å². The molecule has 31 heavy (non-hydrogen) atoms. The summed E-state index contributed by atoms with van der Waals surface area (Å²) in [5.41, 5.74) is 1.19. The minimum atomic E-state index is -3.76. The summed E-state index contributed by atoms with van der Waals surface area (Å²) < 4.78 is 37.6. The molecular formula is C21H24N2O6S2. The average Bonchev–Trinajstić information content (AvgIpc) is 2.78. The van der Waals surface area contributed by atoms with Gasteiger partial charge in [0, 0.05) is 23.7 Å². The Morgan fingerprint density at radius 3 is 2.61 bits per heavy atom. The third-order valence-corrected chi connectivity index (χ3v) is 7.47. The Kier molecular flexibility index (Phi) is 7.71. The Bertz CT molecular complexity index is 1070. The number of amides is 1. The Morgan fingerprint density at radius 2 is 1.90 bits per heavy atom. The van der Waals surface area contributed by atoms with Crippen molar-refractivity contribution in [3.8, 4) is 0 Å². The number of hydrogen-bond donors (Lipinski definition) is 1. The topological polar surface area (TPSA) is 102 Å². The number of nitrogens with zero attached hydrogens (tertiary/aromatic N) is 1. The molecule has 3 rings (SSSR count). The normalized spacial score (nSPS) is 14.8. The molecule has 1 amide bonds. The van der Waals surface area contributed by atoms with Crippen LogP contribution in [-0.2, 0) is 24.3 Å². The first-order chi connectivity index (χ1) is 14.8. The quantitative estimate of drug-likeness (QED) is 0.496. The van der Waals surface area contributed by atoms with Crippen LogP contribution in [0.25, 0.3) is 0 Å². The van der Waals surface area contributed by atoms with Crippen LogP contribution < -0.4 is 5.32 Å². The smallest absolute Gasteiger partial charge is 0.338 e. The molecule has 0 unspecified atom stereocenters. The zero-order chi connectivity index (χ0) is 22.4. The minimum absolute atomic E-state index is 0.0437. The molecule has 0 bridgehead atoms. The molecule has 1 aliphatic rings. The number of sulfonamides is 1. The number of carbonyl (C=O) groups excluding carboxylic acids is 2. The average molecular weight is 465 g/mol. The zero-order valence-corrected chi connectivity index (χ0v) is 18.9. The van der Waals surface area contributed by atoms with E-state index in [1.807, 2.05) is 24.5 Å². The molecule has 166 valence electrons. The number of thioether (sulfide) groups is 1. The van der Waals surface area contributed by atoms with Gasteiger partial charge in [-0.3, -0.25) is 4.79 Å². The lowest BCUT2D eigenvalue weighted by Gasteiger charge is -2.26. The monoisotopic (exact) mass is 464 g/mol. The summed E-state index contributed by atoms with van der Waals surface area (Å²) in [5, 5.41) is 2.67. The SMILES string of the molecule is CSc1cccc(NC(=O)COC(=O)c2ccc(C)c(S(=O)(=O)N3CCOCC3)c2)c1. The highest BCUT2D eigenvalue weighted by atomic mass is 32.2. The first kappa shape index (κ1) is 23.3. The van der Waals surface area contributed by atoms with Crippen LogP contribution in [0.2, 0.25) is 0 Å². The molecule has 0 atom stereocenters. The molecule has 10 heteroatoms. The van der Waals surface area contributed by atoms with E-state index in [0.29, 0.717) is 24.5 Å². The fourth-order valence-corrected chi connectivity index (χ4v) is 5.16. The molecule has 1 N–H and O–H groups in total. The van der Waals surface area contributed by atoms with E-state index in [0.717, 1.165) is 4.90 Å². The highest BCUT2D eigenvalue weighted by Gasteiger charge is 2.28. The van der Waals surface area contributed by atoms with Crippen molar-refractivity contribution in [1.29, 1.82) is 0 Å². The van der Waals surface area contributed by atoms with Gasteiger partial charge < -0.3 is 14.8 Å². The van der Waals surface area contributed by atoms with Crippen molar-refractivity contribution in [3.05, 3.63) is 53.6 Å². The molecule has 0 radical (unpaired) electrons. The van der Waals surface area contributed by atoms with Crippen LogP contribution in [0.15, 0.2) is 52.3 Å². The van der Waals surface area contributed by atoms with Gasteiger partial charge in [0.25, 0.3) is 5.91 Å². The van der Waals surface area contributed by atoms with Gasteiger partial charge in [-0.05, 0) is 49.1 Å². The summed E-state index contributed by atoms with van der Waals surface area (Å²) >= 11 is 1.54. The van der Waals surface area contributed by atoms with Crippen molar-refractivity contribution in [2.45, 2.75) is 16.7 Å². The van der Waals surface area contributed by atoms with Gasteiger partial charge in [0.1, 0.15) is 0 Å². The molecule has 2 aromatic rings. The molecular weight excluding hydrogens is 440 g/mol. The van der Waals surface area contributed by atoms with E-state index in [-0.39, 0.29) is 23.5 Å². The van der Waals surface area contributed by atoms with Gasteiger partial charge >= 0.3 is 5.97 Å². The highest BCUT2D eigenvalue weighted by molar-refractivity contribution is 7.98. The minimum Gasteiger partial charge on any atom is -0.452 e. The fourth-order valence-electron chi connectivity index (χ4n) is 3.04. The van der Waals surface area contributed by atoms with Crippen molar-refractivity contribution in [2.75, 3.05) is 44.5 Å². The number of anilines is 1. The van der Waals surface area contributed by atoms with Crippen LogP contribution in [0.3, 0.4) is 0 Å². The van der Waals surface area contributed by atoms with Gasteiger partial charge in [0.15, 0.2) is 6.61 Å². The number of aryl methyl sites for hydroxylation is 1. The first-order valence-electron chi connectivity index (χ1n) is 9.61. The largest absolute Gasteiger partial charge is 0.452 e. The molecule has 0 saturated carbocycles. The molecule has 1 saturated heterocycles. The van der Waals surface area contributed by atoms with E-state index < -0.39 is 28.5 Å². The maximum Gasteiger partial charge on any atom is 0.338 e. The number of ether oxygens (including phenoxy) is 2. The summed E-state index contributed by atoms with van der Waals surface area (Å²) in [6.45, 7) is 2.35. The number of nitrogens with one attached hydrogen (secondary N) is 1. The summed E-state index contributed by atoms with van der Waals surface area (Å²) in [6.07, 6.45) is 1.93. The summed E-state index contributed by atoms with van der Waals surface area (Å²) in [6, 6.07) is 11.6. The second-order valence-corrected chi connectivity index (χ2v) is 9.64. The van der Waals surface area contributed by atoms with Gasteiger partial charge in [-0.2, -0.15) is 4.31 Å². The van der Waals surface area contributed by atoms with E-state index in [1.54, 1.807) is 30.8 Å². The lowest BCUT2D eigenvalue weighted by molar-refractivity contribution is -0.119. The van der Waals surface area contributed by atoms with Crippen molar-refractivity contribution in [3.63, 3.8) is 0 Å². The van der Waals surface area contributed by atoms with Gasteiger partial charge in [-0.15, -0.1) is 11.8 Å². The summed E-state index contributed by atoms with van der Waals surface area (Å²) in [4.78, 5) is 25.6. The number of rotatable bonds is 7. The van der Waals surface area contributed by atoms with Crippen LogP contribution >= 0.6 is 11.8 Å². The second kappa shape index (κ2) is 10.3. The molecule has 1 heterocycles. The van der Waals surface area contributed by atoms with Crippen LogP contribution in [0, 0.1) is 6.92 Å². The number of benzene rings is 2. The number of hydrogen-bond acceptors (Lipinski definition) is 7.